The van der Waals surface area contributed by atoms with Crippen LogP contribution in [0.15, 0.2) is 35.7 Å². The van der Waals surface area contributed by atoms with Crippen LogP contribution >= 0.6 is 11.3 Å². The number of nitrogens with zero attached hydrogens (tertiary/aromatic N) is 2. The quantitative estimate of drug-likeness (QED) is 0.833. The van der Waals surface area contributed by atoms with E-state index in [9.17, 15) is 4.79 Å². The predicted octanol–water partition coefficient (Wildman–Crippen LogP) is 3.18. The van der Waals surface area contributed by atoms with E-state index in [1.807, 2.05) is 31.2 Å². The van der Waals surface area contributed by atoms with Crippen molar-refractivity contribution in [2.75, 3.05) is 7.05 Å². The van der Waals surface area contributed by atoms with Crippen LogP contribution in [0.2, 0.25) is 0 Å². The van der Waals surface area contributed by atoms with Crippen molar-refractivity contribution in [3.05, 3.63) is 57.6 Å². The molecule has 0 unspecified atom stereocenters. The Bertz CT molecular complexity index is 632. The second-order valence-electron chi connectivity index (χ2n) is 4.94. The van der Waals surface area contributed by atoms with Crippen molar-refractivity contribution in [1.82, 2.24) is 9.88 Å². The predicted molar refractivity (Wildman–Crippen MR) is 85.1 cm³/mol. The molecular formula is C16H18N2O2S. The molecular weight excluding hydrogens is 284 g/mol. The van der Waals surface area contributed by atoms with E-state index < -0.39 is 5.97 Å². The molecule has 0 aliphatic heterocycles. The molecule has 0 atom stereocenters. The Kier molecular flexibility index (Phi) is 5.25. The van der Waals surface area contributed by atoms with E-state index in [-0.39, 0.29) is 0 Å². The van der Waals surface area contributed by atoms with Gasteiger partial charge in [0.05, 0.1) is 10.7 Å². The molecule has 0 aliphatic rings. The number of hydrogen-bond acceptors (Lipinski definition) is 4. The number of benzene rings is 1. The fourth-order valence-electron chi connectivity index (χ4n) is 2.03. The molecule has 2 rings (SSSR count). The average Bonchev–Trinajstić information content (AvgIpc) is 2.83. The van der Waals surface area contributed by atoms with Gasteiger partial charge in [0.15, 0.2) is 0 Å². The fraction of sp³-hybridized carbons (Fsp3) is 0.250. The maximum Gasteiger partial charge on any atom is 0.328 e. The molecule has 0 saturated heterocycles. The van der Waals surface area contributed by atoms with E-state index in [1.165, 1.54) is 5.56 Å². The van der Waals surface area contributed by atoms with Crippen molar-refractivity contribution in [1.29, 1.82) is 0 Å². The van der Waals surface area contributed by atoms with Crippen LogP contribution in [0, 0.1) is 6.92 Å². The third-order valence-corrected chi connectivity index (χ3v) is 3.77. The van der Waals surface area contributed by atoms with Gasteiger partial charge in [0, 0.05) is 24.5 Å². The van der Waals surface area contributed by atoms with Crippen LogP contribution in [0.3, 0.4) is 0 Å². The number of carbonyl (C=O) groups is 1. The van der Waals surface area contributed by atoms with Crippen LogP contribution in [0.4, 0.5) is 0 Å². The number of rotatable bonds is 6. The lowest BCUT2D eigenvalue weighted by Crippen LogP contribution is -2.17. The van der Waals surface area contributed by atoms with Crippen molar-refractivity contribution in [2.45, 2.75) is 20.0 Å². The zero-order valence-corrected chi connectivity index (χ0v) is 12.9. The van der Waals surface area contributed by atoms with Crippen LogP contribution in [-0.2, 0) is 17.9 Å². The van der Waals surface area contributed by atoms with Gasteiger partial charge in [0.1, 0.15) is 0 Å². The highest BCUT2D eigenvalue weighted by Crippen LogP contribution is 2.12. The van der Waals surface area contributed by atoms with Gasteiger partial charge in [-0.25, -0.2) is 9.78 Å². The average molecular weight is 302 g/mol. The minimum Gasteiger partial charge on any atom is -0.478 e. The summed E-state index contributed by atoms with van der Waals surface area (Å²) < 4.78 is 0. The van der Waals surface area contributed by atoms with E-state index >= 15 is 0 Å². The SMILES string of the molecule is Cc1nc(CN(C)Cc2ccc(C=CC(=O)O)cc2)cs1. The number of aliphatic carboxylic acids is 1. The third kappa shape index (κ3) is 5.13. The maximum atomic E-state index is 10.5. The minimum absolute atomic E-state index is 0.824. The molecule has 1 N–H and O–H groups in total. The van der Waals surface area contributed by atoms with Gasteiger partial charge in [-0.1, -0.05) is 24.3 Å². The van der Waals surface area contributed by atoms with Gasteiger partial charge < -0.3 is 5.11 Å². The zero-order valence-electron chi connectivity index (χ0n) is 12.1. The van der Waals surface area contributed by atoms with Gasteiger partial charge in [-0.05, 0) is 31.2 Å². The van der Waals surface area contributed by atoms with Crippen LogP contribution in [0.1, 0.15) is 21.8 Å². The molecule has 21 heavy (non-hydrogen) atoms. The standard InChI is InChI=1S/C16H18N2O2S/c1-12-17-15(11-21-12)10-18(2)9-14-5-3-13(4-6-14)7-8-16(19)20/h3-8,11H,9-10H2,1-2H3,(H,19,20). The summed E-state index contributed by atoms with van der Waals surface area (Å²) in [7, 11) is 2.06. The van der Waals surface area contributed by atoms with Crippen LogP contribution in [0.25, 0.3) is 6.08 Å². The molecule has 1 aromatic carbocycles. The van der Waals surface area contributed by atoms with Gasteiger partial charge in [-0.15, -0.1) is 11.3 Å². The number of aromatic nitrogens is 1. The minimum atomic E-state index is -0.933. The van der Waals surface area contributed by atoms with Gasteiger partial charge in [0.2, 0.25) is 0 Å². The highest BCUT2D eigenvalue weighted by Gasteiger charge is 2.04. The highest BCUT2D eigenvalue weighted by atomic mass is 32.1. The Morgan fingerprint density at radius 3 is 2.62 bits per heavy atom. The zero-order chi connectivity index (χ0) is 15.2. The molecule has 1 heterocycles. The second kappa shape index (κ2) is 7.15. The summed E-state index contributed by atoms with van der Waals surface area (Å²) in [6, 6.07) is 7.89. The summed E-state index contributed by atoms with van der Waals surface area (Å²) in [5, 5.41) is 11.8. The van der Waals surface area contributed by atoms with Crippen molar-refractivity contribution >= 4 is 23.4 Å². The molecule has 5 heteroatoms. The van der Waals surface area contributed by atoms with Crippen molar-refractivity contribution in [2.24, 2.45) is 0 Å². The van der Waals surface area contributed by atoms with Gasteiger partial charge in [0.25, 0.3) is 0 Å². The number of thiazole rings is 1. The maximum absolute atomic E-state index is 10.5. The summed E-state index contributed by atoms with van der Waals surface area (Å²) in [6.07, 6.45) is 2.74. The second-order valence-corrected chi connectivity index (χ2v) is 6.01. The molecule has 1 aromatic heterocycles. The molecule has 0 bridgehead atoms. The first-order chi connectivity index (χ1) is 10.0. The topological polar surface area (TPSA) is 53.4 Å². The number of carboxylic acids is 1. The summed E-state index contributed by atoms with van der Waals surface area (Å²) in [6.45, 7) is 3.67. The highest BCUT2D eigenvalue weighted by molar-refractivity contribution is 7.09. The number of carboxylic acid groups (broad SMARTS) is 1. The molecule has 0 spiro atoms. The molecule has 0 saturated carbocycles. The van der Waals surface area contributed by atoms with Crippen LogP contribution < -0.4 is 0 Å². The summed E-state index contributed by atoms with van der Waals surface area (Å²) in [5.41, 5.74) is 3.18. The number of aryl methyl sites for hydroxylation is 1. The molecule has 0 aliphatic carbocycles. The Labute approximate surface area is 128 Å². The normalized spacial score (nSPS) is 11.4. The van der Waals surface area contributed by atoms with E-state index in [2.05, 4.69) is 22.3 Å². The molecule has 110 valence electrons. The third-order valence-electron chi connectivity index (χ3n) is 2.95. The summed E-state index contributed by atoms with van der Waals surface area (Å²) >= 11 is 1.67. The van der Waals surface area contributed by atoms with E-state index in [4.69, 9.17) is 5.11 Å². The Hall–Kier alpha value is -1.98. The smallest absolute Gasteiger partial charge is 0.328 e. The molecule has 0 fully saturated rings. The van der Waals surface area contributed by atoms with Crippen LogP contribution in [0.5, 0.6) is 0 Å². The Morgan fingerprint density at radius 2 is 2.05 bits per heavy atom. The van der Waals surface area contributed by atoms with E-state index in [0.717, 1.165) is 35.4 Å². The molecule has 4 nitrogen and oxygen atoms in total. The van der Waals surface area contributed by atoms with E-state index in [1.54, 1.807) is 17.4 Å². The lowest BCUT2D eigenvalue weighted by atomic mass is 10.1. The number of hydrogen-bond donors (Lipinski definition) is 1. The molecule has 0 amide bonds. The van der Waals surface area contributed by atoms with Crippen molar-refractivity contribution < 1.29 is 9.90 Å². The largest absolute Gasteiger partial charge is 0.478 e. The van der Waals surface area contributed by atoms with Crippen LogP contribution in [-0.4, -0.2) is 28.0 Å². The lowest BCUT2D eigenvalue weighted by molar-refractivity contribution is -0.131. The first kappa shape index (κ1) is 15.4. The lowest BCUT2D eigenvalue weighted by Gasteiger charge is -2.15. The van der Waals surface area contributed by atoms with Crippen molar-refractivity contribution in [3.63, 3.8) is 0 Å². The fourth-order valence-corrected chi connectivity index (χ4v) is 2.63. The first-order valence-electron chi connectivity index (χ1n) is 6.62. The first-order valence-corrected chi connectivity index (χ1v) is 7.50. The Morgan fingerprint density at radius 1 is 1.33 bits per heavy atom. The van der Waals surface area contributed by atoms with Gasteiger partial charge in [-0.2, -0.15) is 0 Å². The Balaban J connectivity index is 1.92. The monoisotopic (exact) mass is 302 g/mol. The van der Waals surface area contributed by atoms with Gasteiger partial charge in [-0.3, -0.25) is 4.90 Å². The summed E-state index contributed by atoms with van der Waals surface area (Å²) in [4.78, 5) is 17.1. The molecule has 2 aromatic rings. The summed E-state index contributed by atoms with van der Waals surface area (Å²) in [5.74, 6) is -0.933. The molecule has 0 radical (unpaired) electrons. The van der Waals surface area contributed by atoms with Gasteiger partial charge >= 0.3 is 5.97 Å². The van der Waals surface area contributed by atoms with Crippen molar-refractivity contribution in [3.8, 4) is 0 Å². The van der Waals surface area contributed by atoms with E-state index in [0.29, 0.717) is 0 Å².